The summed E-state index contributed by atoms with van der Waals surface area (Å²) in [6.45, 7) is 0. The Bertz CT molecular complexity index is 1190. The summed E-state index contributed by atoms with van der Waals surface area (Å²) in [5, 5.41) is 0. The van der Waals surface area contributed by atoms with Gasteiger partial charge in [0.05, 0.1) is 18.5 Å². The second-order valence-electron chi connectivity index (χ2n) is 6.46. The lowest BCUT2D eigenvalue weighted by atomic mass is 10.2. The molecule has 2 aromatic rings. The summed E-state index contributed by atoms with van der Waals surface area (Å²) in [6.07, 6.45) is 3.18. The Morgan fingerprint density at radius 2 is 1.90 bits per heavy atom. The van der Waals surface area contributed by atoms with Crippen LogP contribution in [0, 0.1) is 0 Å². The van der Waals surface area contributed by atoms with Crippen LogP contribution in [0.5, 0.6) is 0 Å². The molecule has 4 atom stereocenters. The molecule has 15 nitrogen and oxygen atoms in total. The molecular weight excluding hydrogens is 467 g/mol. The standard InChI is InChI=1S/C12H18N5O10P3/c13-12-15-10-9(11(18)16-12)14-4-17(10)7-1-2-8(3-7)26-5-29(22,23)27-30(24,25)6-28(19,20)21/h1-2,4,7-8H,3,5-6H2,(H,22,23)(H,24,25)(H2,19,20,21)(H3,13,15,16,18)/t7-,8+/m1/s1. The lowest BCUT2D eigenvalue weighted by Crippen LogP contribution is -2.15. The maximum absolute atomic E-state index is 12.0. The largest absolute Gasteiger partial charge is 0.369 e. The van der Waals surface area contributed by atoms with E-state index in [-0.39, 0.29) is 29.6 Å². The molecule has 3 rings (SSSR count). The third kappa shape index (κ3) is 5.73. The van der Waals surface area contributed by atoms with Gasteiger partial charge in [0.2, 0.25) is 5.95 Å². The van der Waals surface area contributed by atoms with Crippen LogP contribution in [-0.4, -0.2) is 57.4 Å². The molecule has 0 radical (unpaired) electrons. The van der Waals surface area contributed by atoms with Crippen molar-refractivity contribution in [2.24, 2.45) is 0 Å². The molecule has 2 aromatic heterocycles. The van der Waals surface area contributed by atoms with Crippen molar-refractivity contribution in [2.45, 2.75) is 18.6 Å². The van der Waals surface area contributed by atoms with Crippen molar-refractivity contribution in [1.82, 2.24) is 19.5 Å². The Balaban J connectivity index is 1.63. The van der Waals surface area contributed by atoms with Gasteiger partial charge in [-0.2, -0.15) is 4.98 Å². The predicted octanol–water partition coefficient (Wildman–Crippen LogP) is 0.0681. The Labute approximate surface area is 167 Å². The number of nitrogens with two attached hydrogens (primary N) is 1. The SMILES string of the molecule is Nc1nc2c(ncn2[C@@H]2C=C[C@H](OCP(=O)(O)OP(=O)(O)CP(=O)(O)O)C2)c(=O)[nH]1. The first kappa shape index (κ1) is 23.0. The van der Waals surface area contributed by atoms with Crippen LogP contribution < -0.4 is 11.3 Å². The van der Waals surface area contributed by atoms with E-state index in [1.807, 2.05) is 0 Å². The Hall–Kier alpha value is -1.66. The number of ether oxygens (including phenoxy) is 1. The normalized spacial score (nSPS) is 23.5. The van der Waals surface area contributed by atoms with E-state index in [9.17, 15) is 28.3 Å². The topological polar surface area (TPSA) is 240 Å². The monoisotopic (exact) mass is 485 g/mol. The van der Waals surface area contributed by atoms with Gasteiger partial charge in [-0.3, -0.25) is 23.5 Å². The van der Waals surface area contributed by atoms with E-state index in [4.69, 9.17) is 20.3 Å². The minimum Gasteiger partial charge on any atom is -0.369 e. The van der Waals surface area contributed by atoms with Gasteiger partial charge >= 0.3 is 22.8 Å². The molecule has 0 aliphatic heterocycles. The van der Waals surface area contributed by atoms with Crippen LogP contribution in [0.2, 0.25) is 0 Å². The lowest BCUT2D eigenvalue weighted by molar-refractivity contribution is 0.103. The number of aromatic nitrogens is 4. The van der Waals surface area contributed by atoms with Gasteiger partial charge in [-0.15, -0.1) is 0 Å². The van der Waals surface area contributed by atoms with E-state index in [0.717, 1.165) is 0 Å². The molecule has 1 aliphatic carbocycles. The van der Waals surface area contributed by atoms with Crippen molar-refractivity contribution in [3.8, 4) is 0 Å². The van der Waals surface area contributed by atoms with Gasteiger partial charge in [-0.05, 0) is 0 Å². The van der Waals surface area contributed by atoms with E-state index in [1.165, 1.54) is 6.33 Å². The smallest absolute Gasteiger partial charge is 0.360 e. The molecule has 0 aromatic carbocycles. The van der Waals surface area contributed by atoms with Gasteiger partial charge in [0, 0.05) is 6.42 Å². The van der Waals surface area contributed by atoms with E-state index >= 15 is 0 Å². The number of aromatic amines is 1. The average molecular weight is 485 g/mol. The number of imidazole rings is 1. The average Bonchev–Trinajstić information content (AvgIpc) is 3.15. The van der Waals surface area contributed by atoms with Crippen molar-refractivity contribution in [1.29, 1.82) is 0 Å². The van der Waals surface area contributed by atoms with Crippen molar-refractivity contribution in [2.75, 3.05) is 18.0 Å². The Kier molecular flexibility index (Phi) is 6.23. The van der Waals surface area contributed by atoms with Crippen molar-refractivity contribution in [3.05, 3.63) is 28.8 Å². The summed E-state index contributed by atoms with van der Waals surface area (Å²) >= 11 is 0. The van der Waals surface area contributed by atoms with E-state index in [0.29, 0.717) is 0 Å². The summed E-state index contributed by atoms with van der Waals surface area (Å²) in [6, 6.07) is -0.369. The van der Waals surface area contributed by atoms with Gasteiger partial charge in [-0.1, -0.05) is 12.2 Å². The minimum absolute atomic E-state index is 0.0824. The van der Waals surface area contributed by atoms with Gasteiger partial charge in [0.1, 0.15) is 6.35 Å². The molecule has 0 spiro atoms. The zero-order chi connectivity index (χ0) is 22.3. The molecule has 166 valence electrons. The number of nitrogens with one attached hydrogen (secondary N) is 1. The fraction of sp³-hybridized carbons (Fsp3) is 0.417. The van der Waals surface area contributed by atoms with Crippen LogP contribution in [0.4, 0.5) is 5.95 Å². The summed E-state index contributed by atoms with van der Waals surface area (Å²) in [7, 11) is -14.8. The molecule has 18 heteroatoms. The number of H-pyrrole nitrogens is 1. The Morgan fingerprint density at radius 3 is 2.57 bits per heavy atom. The zero-order valence-corrected chi connectivity index (χ0v) is 17.7. The molecule has 0 saturated carbocycles. The minimum atomic E-state index is -5.02. The third-order valence-electron chi connectivity index (χ3n) is 3.90. The van der Waals surface area contributed by atoms with Gasteiger partial charge in [-0.25, -0.2) is 9.29 Å². The van der Waals surface area contributed by atoms with Gasteiger partial charge < -0.3 is 34.6 Å². The number of nitrogens with zero attached hydrogens (tertiary/aromatic N) is 3. The van der Waals surface area contributed by atoms with Gasteiger partial charge in [0.25, 0.3) is 5.56 Å². The van der Waals surface area contributed by atoms with E-state index in [1.54, 1.807) is 16.7 Å². The van der Waals surface area contributed by atoms with Crippen LogP contribution in [0.15, 0.2) is 23.3 Å². The Morgan fingerprint density at radius 1 is 1.20 bits per heavy atom. The number of allylic oxidation sites excluding steroid dienone is 1. The maximum Gasteiger partial charge on any atom is 0.360 e. The number of fused-ring (bicyclic) bond motifs is 1. The molecule has 0 amide bonds. The number of hydrogen-bond donors (Lipinski definition) is 6. The highest BCUT2D eigenvalue weighted by molar-refractivity contribution is 7.74. The van der Waals surface area contributed by atoms with Gasteiger partial charge in [0.15, 0.2) is 17.1 Å². The summed E-state index contributed by atoms with van der Waals surface area (Å²) in [5.41, 5.74) is 5.36. The highest BCUT2D eigenvalue weighted by Crippen LogP contribution is 2.64. The fourth-order valence-electron chi connectivity index (χ4n) is 2.83. The number of anilines is 1. The lowest BCUT2D eigenvalue weighted by Gasteiger charge is -2.19. The van der Waals surface area contributed by atoms with E-state index < -0.39 is 46.7 Å². The molecule has 30 heavy (non-hydrogen) atoms. The second kappa shape index (κ2) is 8.12. The van der Waals surface area contributed by atoms with Crippen molar-refractivity contribution in [3.63, 3.8) is 0 Å². The van der Waals surface area contributed by atoms with E-state index in [2.05, 4.69) is 19.3 Å². The van der Waals surface area contributed by atoms with Crippen LogP contribution >= 0.6 is 22.8 Å². The first-order valence-electron chi connectivity index (χ1n) is 8.16. The summed E-state index contributed by atoms with van der Waals surface area (Å²) < 4.78 is 45.3. The molecule has 0 fully saturated rings. The quantitative estimate of drug-likeness (QED) is 0.214. The highest BCUT2D eigenvalue weighted by Gasteiger charge is 2.38. The van der Waals surface area contributed by atoms with Crippen molar-refractivity contribution >= 4 is 39.9 Å². The molecule has 7 N–H and O–H groups in total. The van der Waals surface area contributed by atoms with Crippen LogP contribution in [0.3, 0.4) is 0 Å². The second-order valence-corrected chi connectivity index (χ2v) is 12.4. The highest BCUT2D eigenvalue weighted by atomic mass is 31.3. The fourth-order valence-corrected chi connectivity index (χ4v) is 7.53. The number of hydrogen-bond acceptors (Lipinski definition) is 9. The van der Waals surface area contributed by atoms with Crippen LogP contribution in [0.1, 0.15) is 12.5 Å². The zero-order valence-electron chi connectivity index (χ0n) is 15.0. The van der Waals surface area contributed by atoms with Crippen LogP contribution in [-0.2, 0) is 22.7 Å². The third-order valence-corrected chi connectivity index (χ3v) is 9.32. The summed E-state index contributed by atoms with van der Waals surface area (Å²) in [5.74, 6) is -1.69. The summed E-state index contributed by atoms with van der Waals surface area (Å²) in [4.78, 5) is 58.7. The van der Waals surface area contributed by atoms with Crippen LogP contribution in [0.25, 0.3) is 11.2 Å². The first-order valence-corrected chi connectivity index (χ1v) is 13.5. The molecule has 2 unspecified atom stereocenters. The molecule has 2 heterocycles. The van der Waals surface area contributed by atoms with Crippen molar-refractivity contribution < 1.29 is 42.3 Å². The number of rotatable bonds is 8. The predicted molar refractivity (Wildman–Crippen MR) is 103 cm³/mol. The first-order chi connectivity index (χ1) is 13.7. The molecule has 0 saturated heterocycles. The molecular formula is C12H18N5O10P3. The maximum atomic E-state index is 12.0. The molecule has 0 bridgehead atoms. The number of nitrogen functional groups attached to an aromatic ring is 1. The molecule has 1 aliphatic rings.